The van der Waals surface area contributed by atoms with Crippen molar-refractivity contribution < 1.29 is 28.4 Å². The van der Waals surface area contributed by atoms with Crippen molar-refractivity contribution in [1.29, 1.82) is 0 Å². The molecule has 0 heterocycles. The molecule has 3 rings (SSSR count). The van der Waals surface area contributed by atoms with Crippen molar-refractivity contribution in [3.8, 4) is 34.5 Å². The lowest BCUT2D eigenvalue weighted by molar-refractivity contribution is 0.324. The molecule has 0 N–H and O–H groups in total. The monoisotopic (exact) mass is 466 g/mol. The molecule has 0 atom stereocenters. The summed E-state index contributed by atoms with van der Waals surface area (Å²) in [6.45, 7) is 0. The van der Waals surface area contributed by atoms with Gasteiger partial charge in [0, 0.05) is 0 Å². The van der Waals surface area contributed by atoms with Crippen LogP contribution in [0.1, 0.15) is 22.3 Å². The number of ether oxygens (including phenoxy) is 6. The summed E-state index contributed by atoms with van der Waals surface area (Å²) in [5.41, 5.74) is 4.82. The van der Waals surface area contributed by atoms with Gasteiger partial charge in [0.05, 0.1) is 42.7 Å². The third-order valence-electron chi connectivity index (χ3n) is 5.96. The van der Waals surface area contributed by atoms with Crippen LogP contribution in [0.4, 0.5) is 0 Å². The third kappa shape index (κ3) is 5.87. The molecule has 3 aromatic carbocycles. The summed E-state index contributed by atoms with van der Waals surface area (Å²) in [5, 5.41) is 0. The van der Waals surface area contributed by atoms with Crippen molar-refractivity contribution in [3.05, 3.63) is 70.8 Å². The highest BCUT2D eigenvalue weighted by Gasteiger charge is 2.15. The van der Waals surface area contributed by atoms with Gasteiger partial charge in [-0.3, -0.25) is 0 Å². The molecule has 0 saturated carbocycles. The van der Waals surface area contributed by atoms with E-state index in [1.54, 1.807) is 42.7 Å². The van der Waals surface area contributed by atoms with Gasteiger partial charge < -0.3 is 28.4 Å². The summed E-state index contributed by atoms with van der Waals surface area (Å²) in [5.74, 6) is 4.24. The standard InChI is InChI=1S/C28H34O6/c1-29-23-13-9-19(10-14-23)7-11-21-17-24(30-2)25(31-3)18-22(21)12-8-20-15-26(32-4)28(34-6)27(16-20)33-5/h9-10,13-18H,7-8,11-12H2,1-6H3. The van der Waals surface area contributed by atoms with Crippen LogP contribution in [0.15, 0.2) is 48.5 Å². The van der Waals surface area contributed by atoms with Gasteiger partial charge in [-0.1, -0.05) is 12.1 Å². The molecule has 0 aliphatic heterocycles. The lowest BCUT2D eigenvalue weighted by Gasteiger charge is -2.17. The lowest BCUT2D eigenvalue weighted by atomic mass is 9.94. The Labute approximate surface area is 202 Å². The van der Waals surface area contributed by atoms with E-state index < -0.39 is 0 Å². The average Bonchev–Trinajstić information content (AvgIpc) is 2.89. The minimum absolute atomic E-state index is 0.597. The molecular formula is C28H34O6. The van der Waals surface area contributed by atoms with Crippen molar-refractivity contribution in [2.45, 2.75) is 25.7 Å². The molecule has 6 nitrogen and oxygen atoms in total. The predicted octanol–water partition coefficient (Wildman–Crippen LogP) is 5.31. The van der Waals surface area contributed by atoms with Crippen molar-refractivity contribution in [2.24, 2.45) is 0 Å². The second-order valence-electron chi connectivity index (χ2n) is 7.86. The Bertz CT molecular complexity index is 1050. The van der Waals surface area contributed by atoms with Crippen LogP contribution in [0.2, 0.25) is 0 Å². The summed E-state index contributed by atoms with van der Waals surface area (Å²) in [7, 11) is 9.88. The number of methoxy groups -OCH3 is 6. The van der Waals surface area contributed by atoms with Crippen LogP contribution in [0.5, 0.6) is 34.5 Å². The molecule has 0 unspecified atom stereocenters. The summed E-state index contributed by atoms with van der Waals surface area (Å²) < 4.78 is 32.9. The quantitative estimate of drug-likeness (QED) is 0.361. The second-order valence-corrected chi connectivity index (χ2v) is 7.86. The van der Waals surface area contributed by atoms with E-state index in [9.17, 15) is 0 Å². The Morgan fingerprint density at radius 2 is 0.912 bits per heavy atom. The van der Waals surface area contributed by atoms with E-state index >= 15 is 0 Å². The van der Waals surface area contributed by atoms with Gasteiger partial charge in [-0.15, -0.1) is 0 Å². The molecule has 34 heavy (non-hydrogen) atoms. The third-order valence-corrected chi connectivity index (χ3v) is 5.96. The summed E-state index contributed by atoms with van der Waals surface area (Å²) in [6.07, 6.45) is 3.44. The van der Waals surface area contributed by atoms with Gasteiger partial charge in [0.25, 0.3) is 0 Å². The molecule has 3 aromatic rings. The number of hydrogen-bond acceptors (Lipinski definition) is 6. The highest BCUT2D eigenvalue weighted by molar-refractivity contribution is 5.54. The van der Waals surface area contributed by atoms with Crippen molar-refractivity contribution >= 4 is 0 Å². The van der Waals surface area contributed by atoms with Crippen molar-refractivity contribution in [1.82, 2.24) is 0 Å². The second kappa shape index (κ2) is 12.1. The fraction of sp³-hybridized carbons (Fsp3) is 0.357. The van der Waals surface area contributed by atoms with Crippen LogP contribution in [-0.2, 0) is 25.7 Å². The molecule has 0 aliphatic rings. The first-order valence-corrected chi connectivity index (χ1v) is 11.2. The zero-order valence-corrected chi connectivity index (χ0v) is 20.9. The molecule has 0 aliphatic carbocycles. The first-order chi connectivity index (χ1) is 16.6. The summed E-state index contributed by atoms with van der Waals surface area (Å²) >= 11 is 0. The van der Waals surface area contributed by atoms with Gasteiger partial charge in [0.15, 0.2) is 23.0 Å². The van der Waals surface area contributed by atoms with E-state index in [-0.39, 0.29) is 0 Å². The van der Waals surface area contributed by atoms with Gasteiger partial charge in [-0.2, -0.15) is 0 Å². The highest BCUT2D eigenvalue weighted by atomic mass is 16.5. The number of hydrogen-bond donors (Lipinski definition) is 0. The molecule has 182 valence electrons. The van der Waals surface area contributed by atoms with Crippen molar-refractivity contribution in [2.75, 3.05) is 42.7 Å². The van der Waals surface area contributed by atoms with E-state index in [1.165, 1.54) is 16.7 Å². The molecule has 0 radical (unpaired) electrons. The minimum Gasteiger partial charge on any atom is -0.497 e. The maximum absolute atomic E-state index is 5.58. The van der Waals surface area contributed by atoms with Gasteiger partial charge in [0.2, 0.25) is 5.75 Å². The van der Waals surface area contributed by atoms with Crippen LogP contribution in [-0.4, -0.2) is 42.7 Å². The van der Waals surface area contributed by atoms with Gasteiger partial charge in [-0.05, 0) is 84.3 Å². The Balaban J connectivity index is 1.86. The molecule has 0 spiro atoms. The summed E-state index contributed by atoms with van der Waals surface area (Å²) in [4.78, 5) is 0. The number of aryl methyl sites for hydroxylation is 4. The molecule has 0 fully saturated rings. The van der Waals surface area contributed by atoms with E-state index in [0.717, 1.165) is 48.5 Å². The van der Waals surface area contributed by atoms with E-state index in [0.29, 0.717) is 17.2 Å². The maximum Gasteiger partial charge on any atom is 0.203 e. The SMILES string of the molecule is COc1ccc(CCc2cc(OC)c(OC)cc2CCc2cc(OC)c(OC)c(OC)c2)cc1. The number of benzene rings is 3. The normalized spacial score (nSPS) is 10.5. The van der Waals surface area contributed by atoms with E-state index in [2.05, 4.69) is 24.3 Å². The maximum atomic E-state index is 5.58. The molecule has 0 saturated heterocycles. The van der Waals surface area contributed by atoms with Gasteiger partial charge in [0.1, 0.15) is 5.75 Å². The fourth-order valence-corrected chi connectivity index (χ4v) is 4.06. The molecule has 0 amide bonds. The molecular weight excluding hydrogens is 432 g/mol. The van der Waals surface area contributed by atoms with Crippen LogP contribution < -0.4 is 28.4 Å². The average molecular weight is 467 g/mol. The zero-order chi connectivity index (χ0) is 24.5. The highest BCUT2D eigenvalue weighted by Crippen LogP contribution is 2.39. The van der Waals surface area contributed by atoms with Crippen LogP contribution >= 0.6 is 0 Å². The zero-order valence-electron chi connectivity index (χ0n) is 20.9. The van der Waals surface area contributed by atoms with Crippen LogP contribution in [0.25, 0.3) is 0 Å². The molecule has 0 bridgehead atoms. The smallest absolute Gasteiger partial charge is 0.203 e. The Morgan fingerprint density at radius 1 is 0.441 bits per heavy atom. The van der Waals surface area contributed by atoms with Gasteiger partial charge in [-0.25, -0.2) is 0 Å². The predicted molar refractivity (Wildman–Crippen MR) is 133 cm³/mol. The minimum atomic E-state index is 0.597. The largest absolute Gasteiger partial charge is 0.497 e. The first-order valence-electron chi connectivity index (χ1n) is 11.2. The first kappa shape index (κ1) is 25.1. The Morgan fingerprint density at radius 3 is 1.32 bits per heavy atom. The number of rotatable bonds is 12. The van der Waals surface area contributed by atoms with E-state index in [1.807, 2.05) is 24.3 Å². The Kier molecular flexibility index (Phi) is 8.91. The topological polar surface area (TPSA) is 55.4 Å². The van der Waals surface area contributed by atoms with Crippen LogP contribution in [0, 0.1) is 0 Å². The molecule has 0 aromatic heterocycles. The van der Waals surface area contributed by atoms with Crippen LogP contribution in [0.3, 0.4) is 0 Å². The van der Waals surface area contributed by atoms with Crippen molar-refractivity contribution in [3.63, 3.8) is 0 Å². The lowest BCUT2D eigenvalue weighted by Crippen LogP contribution is -2.03. The fourth-order valence-electron chi connectivity index (χ4n) is 4.06. The Hall–Kier alpha value is -3.54. The van der Waals surface area contributed by atoms with E-state index in [4.69, 9.17) is 28.4 Å². The molecule has 6 heteroatoms. The van der Waals surface area contributed by atoms with Gasteiger partial charge >= 0.3 is 0 Å². The summed E-state index contributed by atoms with van der Waals surface area (Å²) in [6, 6.07) is 16.4.